The Morgan fingerprint density at radius 1 is 0.647 bits per heavy atom. The zero-order chi connectivity index (χ0) is 35.3. The number of aldehydes is 1. The number of rotatable bonds is 3. The van der Waals surface area contributed by atoms with E-state index in [-0.39, 0.29) is 18.0 Å². The molecule has 9 rings (SSSR count). The Morgan fingerprint density at radius 2 is 1.20 bits per heavy atom. The van der Waals surface area contributed by atoms with Gasteiger partial charge in [-0.25, -0.2) is 0 Å². The Kier molecular flexibility index (Phi) is 10.4. The van der Waals surface area contributed by atoms with Crippen LogP contribution in [0.25, 0.3) is 0 Å². The van der Waals surface area contributed by atoms with Crippen LogP contribution in [0.15, 0.2) is 54.6 Å². The summed E-state index contributed by atoms with van der Waals surface area (Å²) in [5.41, 5.74) is 2.38. The highest BCUT2D eigenvalue weighted by Gasteiger charge is 2.53. The lowest BCUT2D eigenvalue weighted by Crippen LogP contribution is -2.52. The van der Waals surface area contributed by atoms with Crippen LogP contribution >= 0.6 is 0 Å². The lowest BCUT2D eigenvalue weighted by Gasteiger charge is -2.37. The molecule has 6 heterocycles. The molecular weight excluding hydrogens is 664 g/mol. The predicted octanol–water partition coefficient (Wildman–Crippen LogP) is 3.41. The minimum absolute atomic E-state index is 0.00288. The van der Waals surface area contributed by atoms with Crippen molar-refractivity contribution < 1.29 is 57.0 Å². The number of hydrogen-bond donors (Lipinski definition) is 1. The average molecular weight is 705 g/mol. The van der Waals surface area contributed by atoms with Gasteiger partial charge in [-0.05, 0) is 67.4 Å². The van der Waals surface area contributed by atoms with Crippen molar-refractivity contribution in [3.05, 3.63) is 71.3 Å². The number of morpholine rings is 2. The summed E-state index contributed by atoms with van der Waals surface area (Å²) in [6.45, 7) is 8.42. The van der Waals surface area contributed by atoms with Gasteiger partial charge in [0.25, 0.3) is 0 Å². The van der Waals surface area contributed by atoms with E-state index >= 15 is 0 Å². The van der Waals surface area contributed by atoms with Gasteiger partial charge in [-0.15, -0.1) is 0 Å². The molecule has 5 atom stereocenters. The summed E-state index contributed by atoms with van der Waals surface area (Å²) < 4.78 is 50.1. The Bertz CT molecular complexity index is 1740. The fourth-order valence-corrected chi connectivity index (χ4v) is 6.39. The molecule has 3 fully saturated rings. The molecule has 0 amide bonds. The maximum Gasteiger partial charge on any atom is 0.326 e. The second-order valence-electron chi connectivity index (χ2n) is 12.6. The van der Waals surface area contributed by atoms with Crippen LogP contribution in [0, 0.1) is 0 Å². The van der Waals surface area contributed by atoms with E-state index in [1.807, 2.05) is 50.2 Å². The highest BCUT2D eigenvalue weighted by Crippen LogP contribution is 2.48. The van der Waals surface area contributed by atoms with Crippen molar-refractivity contribution in [3.8, 4) is 34.5 Å². The summed E-state index contributed by atoms with van der Waals surface area (Å²) in [6, 6.07) is 16.4. The third-order valence-corrected chi connectivity index (χ3v) is 8.91. The van der Waals surface area contributed by atoms with Gasteiger partial charge in [-0.2, -0.15) is 0 Å². The first kappa shape index (κ1) is 34.4. The zero-order valence-corrected chi connectivity index (χ0v) is 28.4. The number of esters is 2. The predicted molar refractivity (Wildman–Crippen MR) is 179 cm³/mol. The van der Waals surface area contributed by atoms with Crippen LogP contribution in [0.5, 0.6) is 34.5 Å². The Morgan fingerprint density at radius 3 is 1.76 bits per heavy atom. The number of fused-ring (bicyclic) bond motifs is 4. The molecule has 3 saturated heterocycles. The smallest absolute Gasteiger partial charge is 0.326 e. The van der Waals surface area contributed by atoms with Crippen LogP contribution in [0.2, 0.25) is 0 Å². The summed E-state index contributed by atoms with van der Waals surface area (Å²) in [7, 11) is 0. The second kappa shape index (κ2) is 15.5. The maximum atomic E-state index is 12.9. The highest BCUT2D eigenvalue weighted by molar-refractivity contribution is 5.78. The summed E-state index contributed by atoms with van der Waals surface area (Å²) in [5, 5.41) is 2.96. The van der Waals surface area contributed by atoms with Gasteiger partial charge in [0.15, 0.2) is 34.5 Å². The van der Waals surface area contributed by atoms with Crippen molar-refractivity contribution in [2.24, 2.45) is 0 Å². The van der Waals surface area contributed by atoms with Crippen molar-refractivity contribution in [2.45, 2.75) is 44.3 Å². The third-order valence-electron chi connectivity index (χ3n) is 8.91. The maximum absolute atomic E-state index is 12.9. The van der Waals surface area contributed by atoms with Crippen molar-refractivity contribution in [1.29, 1.82) is 0 Å². The molecule has 0 bridgehead atoms. The van der Waals surface area contributed by atoms with Gasteiger partial charge < -0.3 is 47.9 Å². The van der Waals surface area contributed by atoms with Crippen LogP contribution in [0.3, 0.4) is 0 Å². The molecular formula is C37H40N2O12. The molecule has 0 aromatic heterocycles. The topological polar surface area (TPSA) is 150 Å². The van der Waals surface area contributed by atoms with Crippen LogP contribution in [0.1, 0.15) is 47.7 Å². The number of cyclic esters (lactones) is 2. The monoisotopic (exact) mass is 704 g/mol. The van der Waals surface area contributed by atoms with Gasteiger partial charge in [0.2, 0.25) is 0 Å². The molecule has 14 heteroatoms. The highest BCUT2D eigenvalue weighted by atomic mass is 16.6. The summed E-state index contributed by atoms with van der Waals surface area (Å²) >= 11 is 0. The van der Waals surface area contributed by atoms with Crippen molar-refractivity contribution in [1.82, 2.24) is 10.2 Å². The fraction of sp³-hybridized carbons (Fsp3) is 0.432. The molecule has 0 spiro atoms. The number of nitrogens with zero attached hydrogens (tertiary/aromatic N) is 1. The molecule has 0 aliphatic carbocycles. The summed E-state index contributed by atoms with van der Waals surface area (Å²) in [5.74, 6) is 3.73. The van der Waals surface area contributed by atoms with Crippen LogP contribution in [0.4, 0.5) is 0 Å². The first-order valence-corrected chi connectivity index (χ1v) is 17.0. The molecule has 0 radical (unpaired) electrons. The van der Waals surface area contributed by atoms with E-state index in [1.54, 1.807) is 18.2 Å². The van der Waals surface area contributed by atoms with E-state index in [9.17, 15) is 14.4 Å². The van der Waals surface area contributed by atoms with E-state index in [4.69, 9.17) is 37.9 Å². The second-order valence-corrected chi connectivity index (χ2v) is 12.6. The van der Waals surface area contributed by atoms with E-state index < -0.39 is 18.4 Å². The molecule has 270 valence electrons. The first-order valence-electron chi connectivity index (χ1n) is 17.0. The van der Waals surface area contributed by atoms with Crippen LogP contribution in [-0.4, -0.2) is 101 Å². The van der Waals surface area contributed by atoms with Crippen molar-refractivity contribution in [2.75, 3.05) is 59.4 Å². The largest absolute Gasteiger partial charge is 0.486 e. The molecule has 3 aromatic carbocycles. The Hall–Kier alpha value is -5.05. The molecule has 51 heavy (non-hydrogen) atoms. The molecule has 1 N–H and O–H groups in total. The van der Waals surface area contributed by atoms with Crippen molar-refractivity contribution in [3.63, 3.8) is 0 Å². The standard InChI is InChI=1S/C23H23NO7.C9H8O3.C5H9NO2/c1-13-12-30-23(25)20-21(14-2-4-16-18(10-14)28-8-6-26-16)31-22(24(13)20)15-3-5-17-19(11-15)29-9-7-27-17;10-6-7-1-2-8-9(5-7)12-4-3-11-8;1-4-3-8-5(7)2-6-4/h2-5,10-11,13,20-22H,6-9,12H2,1H3;1-2,5-6H,3-4H2;4,6H,2-3H2,1H3/t13-,20?,21+,22?;;4-/m0.0/s1. The zero-order valence-electron chi connectivity index (χ0n) is 28.4. The number of nitrogens with one attached hydrogen (secondary N) is 1. The van der Waals surface area contributed by atoms with Gasteiger partial charge in [0, 0.05) is 17.6 Å². The van der Waals surface area contributed by atoms with Crippen LogP contribution in [-0.2, 0) is 23.8 Å². The van der Waals surface area contributed by atoms with Gasteiger partial charge in [-0.1, -0.05) is 12.1 Å². The quantitative estimate of drug-likeness (QED) is 0.314. The van der Waals surface area contributed by atoms with Gasteiger partial charge in [0.1, 0.15) is 77.5 Å². The fourth-order valence-electron chi connectivity index (χ4n) is 6.39. The first-order chi connectivity index (χ1) is 24.9. The molecule has 2 unspecified atom stereocenters. The van der Waals surface area contributed by atoms with E-state index in [1.165, 1.54) is 0 Å². The van der Waals surface area contributed by atoms with Crippen LogP contribution < -0.4 is 33.7 Å². The van der Waals surface area contributed by atoms with Gasteiger partial charge in [-0.3, -0.25) is 19.3 Å². The SMILES string of the molecule is C[C@H]1COC(=O)C2[C@@H](c3ccc4c(c3)OCCO4)OC(c3ccc4c(c3)OCCO4)N21.C[C@H]1COC(=O)CN1.O=Cc1ccc2c(c1)OCCO2. The minimum Gasteiger partial charge on any atom is -0.486 e. The molecule has 6 aliphatic rings. The molecule has 0 saturated carbocycles. The number of carbonyl (C=O) groups excluding carboxylic acids is 3. The summed E-state index contributed by atoms with van der Waals surface area (Å²) in [4.78, 5) is 35.7. The summed E-state index contributed by atoms with van der Waals surface area (Å²) in [6.07, 6.45) is -0.121. The lowest BCUT2D eigenvalue weighted by molar-refractivity contribution is -0.161. The number of hydrogen-bond acceptors (Lipinski definition) is 14. The Labute approximate surface area is 294 Å². The number of benzene rings is 3. The normalized spacial score (nSPS) is 25.7. The van der Waals surface area contributed by atoms with E-state index in [0.717, 1.165) is 23.2 Å². The number of carbonyl (C=O) groups is 3. The number of ether oxygens (including phenoxy) is 9. The molecule has 14 nitrogen and oxygen atoms in total. The molecule has 6 aliphatic heterocycles. The molecule has 3 aromatic rings. The van der Waals surface area contributed by atoms with Gasteiger partial charge in [0.05, 0.1) is 6.54 Å². The lowest BCUT2D eigenvalue weighted by atomic mass is 9.99. The van der Waals surface area contributed by atoms with Gasteiger partial charge >= 0.3 is 11.9 Å². The minimum atomic E-state index is -0.551. The van der Waals surface area contributed by atoms with E-state index in [0.29, 0.717) is 99.8 Å². The Balaban J connectivity index is 0.000000165. The van der Waals surface area contributed by atoms with E-state index in [2.05, 4.69) is 15.0 Å². The average Bonchev–Trinajstić information content (AvgIpc) is 3.60. The van der Waals surface area contributed by atoms with Crippen molar-refractivity contribution >= 4 is 18.2 Å². The third kappa shape index (κ3) is 7.67.